The van der Waals surface area contributed by atoms with Crippen molar-refractivity contribution in [2.45, 2.75) is 6.54 Å². The van der Waals surface area contributed by atoms with E-state index < -0.39 is 0 Å². The molecule has 2 N–H and O–H groups in total. The van der Waals surface area contributed by atoms with Crippen LogP contribution in [0.25, 0.3) is 11.0 Å². The van der Waals surface area contributed by atoms with E-state index in [1.165, 1.54) is 5.56 Å². The molecule has 0 fully saturated rings. The molecule has 0 saturated heterocycles. The highest BCUT2D eigenvalue weighted by atomic mass is 79.9. The molecule has 152 valence electrons. The number of carbonyl (C=O) groups excluding carboxylic acids is 1. The molecule has 7 nitrogen and oxygen atoms in total. The largest absolute Gasteiger partial charge is 0.457 e. The minimum atomic E-state index is -0.262. The third-order valence-electron chi connectivity index (χ3n) is 4.64. The lowest BCUT2D eigenvalue weighted by molar-refractivity contribution is 0.0958. The Bertz CT molecular complexity index is 1200. The number of hydrogen-bond donors (Lipinski definition) is 2. The highest BCUT2D eigenvalue weighted by Crippen LogP contribution is 2.27. The van der Waals surface area contributed by atoms with E-state index in [-0.39, 0.29) is 5.91 Å². The van der Waals surface area contributed by atoms with Gasteiger partial charge in [-0.15, -0.1) is 0 Å². The fraction of sp³-hybridized carbons (Fsp3) is 0.136. The second-order valence-electron chi connectivity index (χ2n) is 6.68. The van der Waals surface area contributed by atoms with Crippen LogP contribution in [0.1, 0.15) is 16.1 Å². The maximum Gasteiger partial charge on any atom is 0.269 e. The van der Waals surface area contributed by atoms with Crippen molar-refractivity contribution >= 4 is 38.8 Å². The molecular weight excluding hydrogens is 446 g/mol. The van der Waals surface area contributed by atoms with E-state index in [0.29, 0.717) is 23.7 Å². The minimum absolute atomic E-state index is 0.262. The van der Waals surface area contributed by atoms with Crippen molar-refractivity contribution in [3.8, 4) is 11.5 Å². The number of benzene rings is 2. The van der Waals surface area contributed by atoms with Gasteiger partial charge in [-0.3, -0.25) is 9.78 Å². The zero-order valence-corrected chi connectivity index (χ0v) is 18.1. The second-order valence-corrected chi connectivity index (χ2v) is 7.60. The van der Waals surface area contributed by atoms with Crippen LogP contribution in [0.4, 0.5) is 5.95 Å². The number of hydrogen-bond acceptors (Lipinski definition) is 5. The number of aryl methyl sites for hydroxylation is 1. The molecule has 0 aliphatic rings. The van der Waals surface area contributed by atoms with E-state index in [1.807, 2.05) is 41.9 Å². The predicted octanol–water partition coefficient (Wildman–Crippen LogP) is 4.49. The zero-order chi connectivity index (χ0) is 21.1. The standard InChI is InChI=1S/C22H20BrN5O2/c1-24-21(29)19-12-17(9-10-25-19)30-16-7-8-20-18(11-16)27-22(28(20)2)26-13-14-3-5-15(23)6-4-14/h3-12H,13H2,1-2H3,(H,24,29)(H,26,27). The fourth-order valence-corrected chi connectivity index (χ4v) is 3.31. The van der Waals surface area contributed by atoms with Crippen LogP contribution in [-0.2, 0) is 13.6 Å². The van der Waals surface area contributed by atoms with Gasteiger partial charge in [-0.1, -0.05) is 28.1 Å². The topological polar surface area (TPSA) is 81.1 Å². The summed E-state index contributed by atoms with van der Waals surface area (Å²) >= 11 is 3.45. The number of halogens is 1. The molecule has 4 rings (SSSR count). The number of pyridine rings is 1. The summed E-state index contributed by atoms with van der Waals surface area (Å²) in [5, 5.41) is 5.93. The molecule has 0 bridgehead atoms. The van der Waals surface area contributed by atoms with E-state index in [4.69, 9.17) is 9.72 Å². The van der Waals surface area contributed by atoms with Crippen LogP contribution in [0, 0.1) is 0 Å². The molecule has 4 aromatic rings. The van der Waals surface area contributed by atoms with Gasteiger partial charge < -0.3 is 19.9 Å². The number of ether oxygens (including phenoxy) is 1. The number of fused-ring (bicyclic) bond motifs is 1. The predicted molar refractivity (Wildman–Crippen MR) is 120 cm³/mol. The summed E-state index contributed by atoms with van der Waals surface area (Å²) in [6.45, 7) is 0.674. The summed E-state index contributed by atoms with van der Waals surface area (Å²) < 4.78 is 8.98. The van der Waals surface area contributed by atoms with Gasteiger partial charge in [0.15, 0.2) is 0 Å². The Morgan fingerprint density at radius 1 is 1.10 bits per heavy atom. The number of anilines is 1. The maximum absolute atomic E-state index is 11.8. The summed E-state index contributed by atoms with van der Waals surface area (Å²) in [5.74, 6) is 1.68. The van der Waals surface area contributed by atoms with Gasteiger partial charge in [-0.25, -0.2) is 4.98 Å². The van der Waals surface area contributed by atoms with E-state index in [0.717, 1.165) is 21.5 Å². The number of amides is 1. The van der Waals surface area contributed by atoms with Crippen molar-refractivity contribution in [3.63, 3.8) is 0 Å². The Balaban J connectivity index is 1.53. The molecule has 8 heteroatoms. The van der Waals surface area contributed by atoms with Crippen LogP contribution in [0.2, 0.25) is 0 Å². The van der Waals surface area contributed by atoms with Crippen molar-refractivity contribution < 1.29 is 9.53 Å². The molecule has 0 aliphatic carbocycles. The minimum Gasteiger partial charge on any atom is -0.457 e. The average Bonchev–Trinajstić information content (AvgIpc) is 3.08. The van der Waals surface area contributed by atoms with E-state index in [9.17, 15) is 4.79 Å². The van der Waals surface area contributed by atoms with Gasteiger partial charge in [0.1, 0.15) is 17.2 Å². The molecule has 30 heavy (non-hydrogen) atoms. The van der Waals surface area contributed by atoms with Gasteiger partial charge >= 0.3 is 0 Å². The molecule has 2 aromatic carbocycles. The van der Waals surface area contributed by atoms with Crippen LogP contribution in [0.3, 0.4) is 0 Å². The highest BCUT2D eigenvalue weighted by Gasteiger charge is 2.11. The number of carbonyl (C=O) groups is 1. The summed E-state index contributed by atoms with van der Waals surface area (Å²) in [6.07, 6.45) is 1.54. The molecule has 0 atom stereocenters. The van der Waals surface area contributed by atoms with Crippen LogP contribution < -0.4 is 15.4 Å². The third-order valence-corrected chi connectivity index (χ3v) is 5.17. The van der Waals surface area contributed by atoms with Gasteiger partial charge in [0.25, 0.3) is 5.91 Å². The first-order valence-corrected chi connectivity index (χ1v) is 10.1. The molecular formula is C22H20BrN5O2. The van der Waals surface area contributed by atoms with Gasteiger partial charge in [0.05, 0.1) is 11.0 Å². The Kier molecular flexibility index (Phi) is 5.67. The number of rotatable bonds is 6. The van der Waals surface area contributed by atoms with Crippen LogP contribution in [-0.4, -0.2) is 27.5 Å². The Labute approximate surface area is 182 Å². The van der Waals surface area contributed by atoms with Crippen LogP contribution in [0.5, 0.6) is 11.5 Å². The zero-order valence-electron chi connectivity index (χ0n) is 16.5. The fourth-order valence-electron chi connectivity index (χ4n) is 3.05. The Morgan fingerprint density at radius 2 is 1.87 bits per heavy atom. The van der Waals surface area contributed by atoms with E-state index in [2.05, 4.69) is 43.7 Å². The van der Waals surface area contributed by atoms with E-state index >= 15 is 0 Å². The first-order chi connectivity index (χ1) is 14.5. The Morgan fingerprint density at radius 3 is 2.63 bits per heavy atom. The van der Waals surface area contributed by atoms with Crippen molar-refractivity contribution in [2.75, 3.05) is 12.4 Å². The lowest BCUT2D eigenvalue weighted by Crippen LogP contribution is -2.18. The Hall–Kier alpha value is -3.39. The second kappa shape index (κ2) is 8.54. The number of nitrogens with one attached hydrogen (secondary N) is 2. The molecule has 0 radical (unpaired) electrons. The van der Waals surface area contributed by atoms with Crippen molar-refractivity contribution in [3.05, 3.63) is 76.5 Å². The molecule has 0 saturated carbocycles. The summed E-state index contributed by atoms with van der Waals surface area (Å²) in [7, 11) is 3.53. The lowest BCUT2D eigenvalue weighted by Gasteiger charge is -2.07. The first-order valence-electron chi connectivity index (χ1n) is 9.34. The van der Waals surface area contributed by atoms with Gasteiger partial charge in [-0.2, -0.15) is 0 Å². The quantitative estimate of drug-likeness (QED) is 0.438. The summed E-state index contributed by atoms with van der Waals surface area (Å²) in [5.41, 5.74) is 3.27. The normalized spacial score (nSPS) is 10.8. The smallest absolute Gasteiger partial charge is 0.269 e. The molecule has 2 heterocycles. The number of nitrogens with zero attached hydrogens (tertiary/aromatic N) is 3. The highest BCUT2D eigenvalue weighted by molar-refractivity contribution is 9.10. The lowest BCUT2D eigenvalue weighted by atomic mass is 10.2. The average molecular weight is 466 g/mol. The molecule has 1 amide bonds. The molecule has 0 spiro atoms. The molecule has 0 aliphatic heterocycles. The SMILES string of the molecule is CNC(=O)c1cc(Oc2ccc3c(c2)nc(NCc2ccc(Br)cc2)n3C)ccn1. The van der Waals surface area contributed by atoms with Crippen molar-refractivity contribution in [2.24, 2.45) is 7.05 Å². The van der Waals surface area contributed by atoms with E-state index in [1.54, 1.807) is 25.4 Å². The van der Waals surface area contributed by atoms with Crippen molar-refractivity contribution in [1.82, 2.24) is 19.9 Å². The monoisotopic (exact) mass is 465 g/mol. The molecule has 0 unspecified atom stereocenters. The summed E-state index contributed by atoms with van der Waals surface area (Å²) in [4.78, 5) is 20.5. The summed E-state index contributed by atoms with van der Waals surface area (Å²) in [6, 6.07) is 17.2. The number of aromatic nitrogens is 3. The first kappa shape index (κ1) is 19.9. The molecule has 2 aromatic heterocycles. The van der Waals surface area contributed by atoms with Crippen LogP contribution >= 0.6 is 15.9 Å². The van der Waals surface area contributed by atoms with Gasteiger partial charge in [-0.05, 0) is 35.9 Å². The maximum atomic E-state index is 11.8. The van der Waals surface area contributed by atoms with Crippen molar-refractivity contribution in [1.29, 1.82) is 0 Å². The van der Waals surface area contributed by atoms with Gasteiger partial charge in [0, 0.05) is 43.4 Å². The third kappa shape index (κ3) is 4.28. The number of imidazole rings is 1. The van der Waals surface area contributed by atoms with Gasteiger partial charge in [0.2, 0.25) is 5.95 Å². The van der Waals surface area contributed by atoms with Crippen LogP contribution in [0.15, 0.2) is 65.3 Å².